The number of carbonyl (C=O) groups is 1. The Labute approximate surface area is 203 Å². The Morgan fingerprint density at radius 3 is 2.71 bits per heavy atom. The number of hydrogen-bond acceptors (Lipinski definition) is 6. The fourth-order valence-corrected chi connectivity index (χ4v) is 5.10. The number of H-pyrrole nitrogens is 1. The van der Waals surface area contributed by atoms with Crippen molar-refractivity contribution in [2.24, 2.45) is 5.14 Å². The molecule has 1 fully saturated rings. The number of rotatable bonds is 6. The average molecular weight is 494 g/mol. The highest BCUT2D eigenvalue weighted by molar-refractivity contribution is 7.89. The smallest absolute Gasteiger partial charge is 0.246 e. The van der Waals surface area contributed by atoms with Gasteiger partial charge >= 0.3 is 0 Å². The van der Waals surface area contributed by atoms with Crippen molar-refractivity contribution in [3.05, 3.63) is 66.3 Å². The van der Waals surface area contributed by atoms with Gasteiger partial charge in [0.05, 0.1) is 23.6 Å². The van der Waals surface area contributed by atoms with Crippen LogP contribution in [-0.4, -0.2) is 61.8 Å². The summed E-state index contributed by atoms with van der Waals surface area (Å²) in [5.74, 6) is -0.106. The maximum atomic E-state index is 13.5. The second-order valence-corrected chi connectivity index (χ2v) is 10.2. The Morgan fingerprint density at radius 1 is 1.14 bits per heavy atom. The fraction of sp³-hybridized carbons (Fsp3) is 0.280. The number of benzene rings is 2. The van der Waals surface area contributed by atoms with Crippen LogP contribution in [0, 0.1) is 0 Å². The molecule has 2 heterocycles. The predicted octanol–water partition coefficient (Wildman–Crippen LogP) is 2.79. The van der Waals surface area contributed by atoms with E-state index in [-0.39, 0.29) is 10.8 Å². The number of primary sulfonamides is 1. The summed E-state index contributed by atoms with van der Waals surface area (Å²) in [5, 5.41) is 16.5. The van der Waals surface area contributed by atoms with Crippen molar-refractivity contribution < 1.29 is 17.9 Å². The van der Waals surface area contributed by atoms with Crippen LogP contribution in [0.5, 0.6) is 0 Å². The van der Waals surface area contributed by atoms with Gasteiger partial charge in [-0.15, -0.1) is 0 Å². The van der Waals surface area contributed by atoms with Crippen molar-refractivity contribution in [3.63, 3.8) is 0 Å². The fourth-order valence-electron chi connectivity index (χ4n) is 4.54. The molecule has 2 aliphatic rings. The lowest BCUT2D eigenvalue weighted by Gasteiger charge is -2.34. The standard InChI is InChI=1S/C25H27N5O4S/c26-35(32,33)20-8-4-7-18(15-20)23-21-16-19(9-10-22(21)28-29-23)27-25(31)24(17-5-2-1-3-6-17)30-11-13-34-14-12-30/h2,4-10,15-16,24H,1,3,11-14H2,(H,27,31)(H,28,29)(H2,26,32,33). The van der Waals surface area contributed by atoms with E-state index in [0.717, 1.165) is 29.3 Å². The van der Waals surface area contributed by atoms with Crippen molar-refractivity contribution in [3.8, 4) is 11.3 Å². The van der Waals surface area contributed by atoms with Crippen LogP contribution in [0.4, 0.5) is 5.69 Å². The number of hydrogen-bond donors (Lipinski definition) is 3. The molecule has 1 aliphatic carbocycles. The second kappa shape index (κ2) is 9.74. The first-order valence-electron chi connectivity index (χ1n) is 11.5. The Hall–Kier alpha value is -3.31. The summed E-state index contributed by atoms with van der Waals surface area (Å²) >= 11 is 0. The van der Waals surface area contributed by atoms with Crippen molar-refractivity contribution in [1.29, 1.82) is 0 Å². The number of nitrogens with one attached hydrogen (secondary N) is 2. The molecular formula is C25H27N5O4S. The first kappa shape index (κ1) is 23.4. The Balaban J connectivity index is 1.45. The van der Waals surface area contributed by atoms with Crippen molar-refractivity contribution in [2.45, 2.75) is 23.8 Å². The van der Waals surface area contributed by atoms with Crippen LogP contribution < -0.4 is 10.5 Å². The van der Waals surface area contributed by atoms with Gasteiger partial charge in [0.1, 0.15) is 11.7 Å². The van der Waals surface area contributed by atoms with Gasteiger partial charge in [-0.2, -0.15) is 5.10 Å². The number of ether oxygens (including phenoxy) is 1. The molecule has 1 aromatic heterocycles. The molecule has 2 aromatic carbocycles. The number of sulfonamides is 1. The molecule has 0 spiro atoms. The molecule has 35 heavy (non-hydrogen) atoms. The van der Waals surface area contributed by atoms with Crippen LogP contribution in [0.15, 0.2) is 71.2 Å². The summed E-state index contributed by atoms with van der Waals surface area (Å²) in [6.45, 7) is 2.58. The van der Waals surface area contributed by atoms with Gasteiger partial charge in [0.2, 0.25) is 15.9 Å². The molecule has 1 unspecified atom stereocenters. The number of anilines is 1. The summed E-state index contributed by atoms with van der Waals surface area (Å²) < 4.78 is 29.1. The van der Waals surface area contributed by atoms with Gasteiger partial charge in [0, 0.05) is 29.7 Å². The third-order valence-corrected chi connectivity index (χ3v) is 7.18. The largest absolute Gasteiger partial charge is 0.379 e. The number of allylic oxidation sites excluding steroid dienone is 2. The number of fused-ring (bicyclic) bond motifs is 1. The third kappa shape index (κ3) is 5.06. The normalized spacial score (nSPS) is 17.8. The number of aromatic amines is 1. The number of nitrogens with zero attached hydrogens (tertiary/aromatic N) is 2. The predicted molar refractivity (Wildman–Crippen MR) is 134 cm³/mol. The molecular weight excluding hydrogens is 466 g/mol. The highest BCUT2D eigenvalue weighted by Crippen LogP contribution is 2.30. The van der Waals surface area contributed by atoms with E-state index >= 15 is 0 Å². The number of amides is 1. The zero-order chi connectivity index (χ0) is 24.4. The van der Waals surface area contributed by atoms with Crippen LogP contribution in [-0.2, 0) is 19.6 Å². The monoisotopic (exact) mass is 493 g/mol. The van der Waals surface area contributed by atoms with Gasteiger partial charge in [-0.25, -0.2) is 13.6 Å². The van der Waals surface area contributed by atoms with E-state index in [0.29, 0.717) is 43.2 Å². The van der Waals surface area contributed by atoms with Crippen LogP contribution in [0.1, 0.15) is 12.8 Å². The zero-order valence-corrected chi connectivity index (χ0v) is 19.9. The topological polar surface area (TPSA) is 130 Å². The summed E-state index contributed by atoms with van der Waals surface area (Å²) in [5.41, 5.74) is 3.58. The molecule has 1 aliphatic heterocycles. The van der Waals surface area contributed by atoms with Gasteiger partial charge in [-0.05, 0) is 48.7 Å². The SMILES string of the molecule is NS(=O)(=O)c1cccc(-c2n[nH]c3ccc(NC(=O)C(C4=CCCC=C4)N4CCOCC4)cc23)c1. The van der Waals surface area contributed by atoms with E-state index < -0.39 is 16.1 Å². The van der Waals surface area contributed by atoms with Gasteiger partial charge in [0.15, 0.2) is 0 Å². The quantitative estimate of drug-likeness (QED) is 0.484. The molecule has 1 atom stereocenters. The summed E-state index contributed by atoms with van der Waals surface area (Å²) in [6, 6.07) is 11.4. The maximum Gasteiger partial charge on any atom is 0.246 e. The third-order valence-electron chi connectivity index (χ3n) is 6.26. The molecule has 1 saturated heterocycles. The lowest BCUT2D eigenvalue weighted by atomic mass is 9.97. The van der Waals surface area contributed by atoms with Crippen molar-refractivity contribution in [1.82, 2.24) is 15.1 Å². The van der Waals surface area contributed by atoms with Gasteiger partial charge in [-0.1, -0.05) is 30.4 Å². The van der Waals surface area contributed by atoms with Gasteiger partial charge in [0.25, 0.3) is 0 Å². The average Bonchev–Trinajstić information content (AvgIpc) is 3.28. The Morgan fingerprint density at radius 2 is 1.97 bits per heavy atom. The number of morpholine rings is 1. The highest BCUT2D eigenvalue weighted by Gasteiger charge is 2.30. The van der Waals surface area contributed by atoms with Gasteiger partial charge in [-0.3, -0.25) is 14.8 Å². The number of aromatic nitrogens is 2. The van der Waals surface area contributed by atoms with E-state index in [4.69, 9.17) is 9.88 Å². The van der Waals surface area contributed by atoms with Crippen molar-refractivity contribution >= 4 is 32.5 Å². The first-order valence-corrected chi connectivity index (χ1v) is 13.1. The molecule has 9 nitrogen and oxygen atoms in total. The summed E-state index contributed by atoms with van der Waals surface area (Å²) in [4.78, 5) is 15.7. The molecule has 182 valence electrons. The van der Waals surface area contributed by atoms with E-state index in [9.17, 15) is 13.2 Å². The Kier molecular flexibility index (Phi) is 6.52. The minimum atomic E-state index is -3.84. The van der Waals surface area contributed by atoms with Crippen LogP contribution in [0.25, 0.3) is 22.2 Å². The Bertz CT molecular complexity index is 1420. The van der Waals surface area contributed by atoms with Crippen LogP contribution in [0.2, 0.25) is 0 Å². The molecule has 0 radical (unpaired) electrons. The minimum absolute atomic E-state index is 0.0118. The molecule has 4 N–H and O–H groups in total. The van der Waals surface area contributed by atoms with Crippen LogP contribution in [0.3, 0.4) is 0 Å². The second-order valence-electron chi connectivity index (χ2n) is 8.63. The maximum absolute atomic E-state index is 13.5. The number of nitrogens with two attached hydrogens (primary N) is 1. The molecule has 10 heteroatoms. The minimum Gasteiger partial charge on any atom is -0.379 e. The number of carbonyl (C=O) groups excluding carboxylic acids is 1. The summed E-state index contributed by atoms with van der Waals surface area (Å²) in [6.07, 6.45) is 8.18. The lowest BCUT2D eigenvalue weighted by molar-refractivity contribution is -0.121. The molecule has 0 saturated carbocycles. The molecule has 1 amide bonds. The highest BCUT2D eigenvalue weighted by atomic mass is 32.2. The molecule has 3 aromatic rings. The van der Waals surface area contributed by atoms with E-state index in [1.54, 1.807) is 12.1 Å². The first-order chi connectivity index (χ1) is 16.9. The molecule has 5 rings (SSSR count). The van der Waals surface area contributed by atoms with E-state index in [2.05, 4.69) is 32.6 Å². The van der Waals surface area contributed by atoms with Crippen LogP contribution >= 0.6 is 0 Å². The summed E-state index contributed by atoms with van der Waals surface area (Å²) in [7, 11) is -3.84. The van der Waals surface area contributed by atoms with Crippen molar-refractivity contribution in [2.75, 3.05) is 31.6 Å². The lowest BCUT2D eigenvalue weighted by Crippen LogP contribution is -2.50. The molecule has 0 bridgehead atoms. The zero-order valence-electron chi connectivity index (χ0n) is 19.1. The van der Waals surface area contributed by atoms with E-state index in [1.165, 1.54) is 12.1 Å². The van der Waals surface area contributed by atoms with Gasteiger partial charge < -0.3 is 10.1 Å². The van der Waals surface area contributed by atoms with E-state index in [1.807, 2.05) is 24.3 Å².